The first-order chi connectivity index (χ1) is 9.75. The number of fused-ring (bicyclic) bond motifs is 1. The number of carbonyl (C=O) groups is 1. The lowest BCUT2D eigenvalue weighted by molar-refractivity contribution is -0.134. The number of benzene rings is 1. The number of rotatable bonds is 3. The van der Waals surface area contributed by atoms with Crippen molar-refractivity contribution in [3.05, 3.63) is 35.4 Å². The van der Waals surface area contributed by atoms with Crippen LogP contribution < -0.4 is 10.6 Å². The van der Waals surface area contributed by atoms with Crippen LogP contribution in [0.5, 0.6) is 0 Å². The van der Waals surface area contributed by atoms with Crippen molar-refractivity contribution in [3.63, 3.8) is 0 Å². The number of carbonyl (C=O) groups excluding carboxylic acids is 1. The molecular formula is C15H21ClN2O3. The second-order valence-corrected chi connectivity index (χ2v) is 5.43. The van der Waals surface area contributed by atoms with E-state index in [1.54, 1.807) is 0 Å². The molecule has 3 rings (SSSR count). The number of nitrogens with one attached hydrogen (secondary N) is 2. The molecule has 2 aliphatic rings. The lowest BCUT2D eigenvalue weighted by atomic mass is 9.97. The molecule has 21 heavy (non-hydrogen) atoms. The Hall–Kier alpha value is -1.14. The number of amides is 1. The SMILES string of the molecule is Cl.O=C(NCC1CNCC1O)C1OCCc2ccccc21. The Morgan fingerprint density at radius 1 is 1.38 bits per heavy atom. The number of aliphatic hydroxyl groups excluding tert-OH is 1. The molecule has 3 N–H and O–H groups in total. The topological polar surface area (TPSA) is 70.6 Å². The zero-order valence-corrected chi connectivity index (χ0v) is 12.6. The van der Waals surface area contributed by atoms with Crippen molar-refractivity contribution in [3.8, 4) is 0 Å². The summed E-state index contributed by atoms with van der Waals surface area (Å²) in [7, 11) is 0. The molecule has 0 saturated carbocycles. The zero-order valence-electron chi connectivity index (χ0n) is 11.7. The predicted molar refractivity (Wildman–Crippen MR) is 81.5 cm³/mol. The lowest BCUT2D eigenvalue weighted by Crippen LogP contribution is -2.39. The molecule has 1 aromatic rings. The number of β-amino-alcohol motifs (C(OH)–C–C–N with tert-alkyl or cyclic N) is 1. The van der Waals surface area contributed by atoms with Crippen LogP contribution in [0.25, 0.3) is 0 Å². The maximum Gasteiger partial charge on any atom is 0.253 e. The van der Waals surface area contributed by atoms with Gasteiger partial charge in [-0.1, -0.05) is 24.3 Å². The van der Waals surface area contributed by atoms with Crippen molar-refractivity contribution >= 4 is 18.3 Å². The third kappa shape index (κ3) is 3.55. The van der Waals surface area contributed by atoms with Crippen LogP contribution in [0.15, 0.2) is 24.3 Å². The molecule has 6 heteroatoms. The molecule has 0 bridgehead atoms. The van der Waals surface area contributed by atoms with Gasteiger partial charge in [-0.25, -0.2) is 0 Å². The highest BCUT2D eigenvalue weighted by Crippen LogP contribution is 2.27. The Kier molecular flexibility index (Phi) is 5.58. The van der Waals surface area contributed by atoms with E-state index in [2.05, 4.69) is 10.6 Å². The Morgan fingerprint density at radius 3 is 2.95 bits per heavy atom. The first-order valence-electron chi connectivity index (χ1n) is 7.11. The normalized spacial score (nSPS) is 27.6. The van der Waals surface area contributed by atoms with Gasteiger partial charge >= 0.3 is 0 Å². The highest BCUT2D eigenvalue weighted by molar-refractivity contribution is 5.85. The Labute approximate surface area is 130 Å². The molecule has 1 aromatic carbocycles. The summed E-state index contributed by atoms with van der Waals surface area (Å²) in [6.45, 7) is 2.39. The molecule has 2 heterocycles. The predicted octanol–water partition coefficient (Wildman–Crippen LogP) is 0.419. The minimum absolute atomic E-state index is 0. The van der Waals surface area contributed by atoms with Gasteiger partial charge in [0.05, 0.1) is 12.7 Å². The molecule has 0 aliphatic carbocycles. The molecule has 5 nitrogen and oxygen atoms in total. The second-order valence-electron chi connectivity index (χ2n) is 5.43. The van der Waals surface area contributed by atoms with Crippen LogP contribution in [-0.2, 0) is 16.0 Å². The van der Waals surface area contributed by atoms with Crippen molar-refractivity contribution in [2.24, 2.45) is 5.92 Å². The number of aliphatic hydroxyl groups is 1. The average molecular weight is 313 g/mol. The van der Waals surface area contributed by atoms with Gasteiger partial charge in [-0.15, -0.1) is 12.4 Å². The van der Waals surface area contributed by atoms with Crippen LogP contribution >= 0.6 is 12.4 Å². The molecular weight excluding hydrogens is 292 g/mol. The zero-order chi connectivity index (χ0) is 13.9. The third-order valence-corrected chi connectivity index (χ3v) is 4.07. The minimum atomic E-state index is -0.522. The van der Waals surface area contributed by atoms with E-state index in [1.165, 1.54) is 5.56 Å². The summed E-state index contributed by atoms with van der Waals surface area (Å²) < 4.78 is 5.62. The van der Waals surface area contributed by atoms with Gasteiger partial charge in [0, 0.05) is 25.6 Å². The molecule has 2 aliphatic heterocycles. The van der Waals surface area contributed by atoms with Crippen LogP contribution in [-0.4, -0.2) is 43.4 Å². The maximum absolute atomic E-state index is 12.3. The molecule has 1 fully saturated rings. The third-order valence-electron chi connectivity index (χ3n) is 4.07. The monoisotopic (exact) mass is 312 g/mol. The van der Waals surface area contributed by atoms with Gasteiger partial charge in [0.25, 0.3) is 5.91 Å². The Bertz CT molecular complexity index is 498. The van der Waals surface area contributed by atoms with Crippen LogP contribution in [0.1, 0.15) is 17.2 Å². The van der Waals surface area contributed by atoms with E-state index in [9.17, 15) is 9.90 Å². The summed E-state index contributed by atoms with van der Waals surface area (Å²) in [6, 6.07) is 7.91. The average Bonchev–Trinajstić information content (AvgIpc) is 2.89. The molecule has 0 spiro atoms. The van der Waals surface area contributed by atoms with Crippen molar-refractivity contribution in [2.75, 3.05) is 26.2 Å². The van der Waals surface area contributed by atoms with Crippen LogP contribution in [0, 0.1) is 5.92 Å². The Morgan fingerprint density at radius 2 is 2.19 bits per heavy atom. The quantitative estimate of drug-likeness (QED) is 0.756. The molecule has 0 radical (unpaired) electrons. The van der Waals surface area contributed by atoms with Gasteiger partial charge in [-0.3, -0.25) is 4.79 Å². The maximum atomic E-state index is 12.3. The summed E-state index contributed by atoms with van der Waals surface area (Å²) in [5.74, 6) is -0.0333. The summed E-state index contributed by atoms with van der Waals surface area (Å²) >= 11 is 0. The Balaban J connectivity index is 0.00000161. The highest BCUT2D eigenvalue weighted by Gasteiger charge is 2.29. The fraction of sp³-hybridized carbons (Fsp3) is 0.533. The molecule has 3 unspecified atom stereocenters. The fourth-order valence-electron chi connectivity index (χ4n) is 2.86. The standard InChI is InChI=1S/C15H20N2O3.ClH/c18-13-9-16-7-11(13)8-17-15(19)14-12-4-2-1-3-10(12)5-6-20-14;/h1-4,11,13-14,16,18H,5-9H2,(H,17,19);1H. The van der Waals surface area contributed by atoms with E-state index < -0.39 is 6.10 Å². The molecule has 0 aromatic heterocycles. The van der Waals surface area contributed by atoms with Gasteiger partial charge in [0.1, 0.15) is 0 Å². The van der Waals surface area contributed by atoms with E-state index >= 15 is 0 Å². The highest BCUT2D eigenvalue weighted by atomic mass is 35.5. The van der Waals surface area contributed by atoms with Gasteiger partial charge in [0.15, 0.2) is 6.10 Å². The largest absolute Gasteiger partial charge is 0.391 e. The van der Waals surface area contributed by atoms with Crippen molar-refractivity contribution in [1.29, 1.82) is 0 Å². The molecule has 1 saturated heterocycles. The van der Waals surface area contributed by atoms with Gasteiger partial charge in [-0.2, -0.15) is 0 Å². The fourth-order valence-corrected chi connectivity index (χ4v) is 2.86. The lowest BCUT2D eigenvalue weighted by Gasteiger charge is -2.26. The van der Waals surface area contributed by atoms with Crippen molar-refractivity contribution < 1.29 is 14.6 Å². The van der Waals surface area contributed by atoms with E-state index in [0.29, 0.717) is 19.7 Å². The van der Waals surface area contributed by atoms with E-state index in [4.69, 9.17) is 4.74 Å². The number of hydrogen-bond donors (Lipinski definition) is 3. The van der Waals surface area contributed by atoms with Gasteiger partial charge in [-0.05, 0) is 17.5 Å². The number of ether oxygens (including phenoxy) is 1. The smallest absolute Gasteiger partial charge is 0.253 e. The van der Waals surface area contributed by atoms with E-state index in [-0.39, 0.29) is 30.3 Å². The van der Waals surface area contributed by atoms with Gasteiger partial charge in [0.2, 0.25) is 0 Å². The molecule has 1 amide bonds. The summed E-state index contributed by atoms with van der Waals surface area (Å²) in [4.78, 5) is 12.3. The van der Waals surface area contributed by atoms with Crippen LogP contribution in [0.4, 0.5) is 0 Å². The summed E-state index contributed by atoms with van der Waals surface area (Å²) in [5, 5.41) is 15.7. The van der Waals surface area contributed by atoms with E-state index in [1.807, 2.05) is 24.3 Å². The summed E-state index contributed by atoms with van der Waals surface area (Å²) in [6.07, 6.45) is -0.0492. The molecule has 116 valence electrons. The second kappa shape index (κ2) is 7.22. The van der Waals surface area contributed by atoms with Crippen molar-refractivity contribution in [1.82, 2.24) is 10.6 Å². The summed E-state index contributed by atoms with van der Waals surface area (Å²) in [5.41, 5.74) is 2.14. The van der Waals surface area contributed by atoms with Crippen molar-refractivity contribution in [2.45, 2.75) is 18.6 Å². The first-order valence-corrected chi connectivity index (χ1v) is 7.11. The molecule has 3 atom stereocenters. The van der Waals surface area contributed by atoms with Crippen LogP contribution in [0.2, 0.25) is 0 Å². The minimum Gasteiger partial charge on any atom is -0.391 e. The van der Waals surface area contributed by atoms with Gasteiger partial charge < -0.3 is 20.5 Å². The number of halogens is 1. The van der Waals surface area contributed by atoms with Crippen LogP contribution in [0.3, 0.4) is 0 Å². The number of hydrogen-bond acceptors (Lipinski definition) is 4. The first kappa shape index (κ1) is 16.2. The van der Waals surface area contributed by atoms with E-state index in [0.717, 1.165) is 18.5 Å².